The number of hydrogen-bond acceptors (Lipinski definition) is 3. The van der Waals surface area contributed by atoms with Gasteiger partial charge in [0.05, 0.1) is 11.9 Å². The summed E-state index contributed by atoms with van der Waals surface area (Å²) < 4.78 is 21.9. The quantitative estimate of drug-likeness (QED) is 0.277. The molecule has 1 N–H and O–H groups in total. The first kappa shape index (κ1) is 21.9. The molecule has 0 atom stereocenters. The number of aromatic hydroxyl groups is 1. The van der Waals surface area contributed by atoms with E-state index >= 15 is 0 Å². The van der Waals surface area contributed by atoms with Crippen molar-refractivity contribution in [1.82, 2.24) is 9.55 Å². The second-order valence-corrected chi connectivity index (χ2v) is 8.77. The predicted octanol–water partition coefficient (Wildman–Crippen LogP) is 7.25. The lowest BCUT2D eigenvalue weighted by Gasteiger charge is -2.22. The maximum absolute atomic E-state index is 13.4. The molecule has 0 radical (unpaired) electrons. The fourth-order valence-electron chi connectivity index (χ4n) is 4.64. The highest BCUT2D eigenvalue weighted by molar-refractivity contribution is 6.06. The summed E-state index contributed by atoms with van der Waals surface area (Å²) in [7, 11) is 0. The summed E-state index contributed by atoms with van der Waals surface area (Å²) in [4.78, 5) is 4.63. The van der Waals surface area contributed by atoms with E-state index in [-0.39, 0.29) is 11.7 Å². The van der Waals surface area contributed by atoms with Gasteiger partial charge in [0, 0.05) is 23.2 Å². The summed E-state index contributed by atoms with van der Waals surface area (Å²) in [6, 6.07) is 32.2. The minimum atomic E-state index is -0.400. The highest BCUT2D eigenvalue weighted by atomic mass is 19.1. The summed E-state index contributed by atoms with van der Waals surface area (Å²) in [5, 5.41) is 13.7. The van der Waals surface area contributed by atoms with E-state index in [9.17, 15) is 9.50 Å². The summed E-state index contributed by atoms with van der Waals surface area (Å²) in [6.45, 7) is 0.394. The number of ether oxygens (including phenoxy) is 1. The van der Waals surface area contributed by atoms with Crippen LogP contribution in [0.3, 0.4) is 0 Å². The van der Waals surface area contributed by atoms with E-state index in [0.29, 0.717) is 23.2 Å². The first-order valence-electron chi connectivity index (χ1n) is 11.8. The van der Waals surface area contributed by atoms with Crippen molar-refractivity contribution in [2.24, 2.45) is 0 Å². The molecule has 0 unspecified atom stereocenters. The summed E-state index contributed by atoms with van der Waals surface area (Å²) in [6.07, 6.45) is 3.23. The van der Waals surface area contributed by atoms with Crippen LogP contribution < -0.4 is 4.74 Å². The Morgan fingerprint density at radius 1 is 0.806 bits per heavy atom. The molecular formula is C31H23FN2O2. The Bertz CT molecular complexity index is 1610. The van der Waals surface area contributed by atoms with Gasteiger partial charge in [0.1, 0.15) is 17.4 Å². The Kier molecular flexibility index (Phi) is 5.58. The van der Waals surface area contributed by atoms with E-state index in [1.54, 1.807) is 22.9 Å². The molecule has 5 heteroatoms. The molecule has 176 valence electrons. The maximum Gasteiger partial charge on any atom is 0.203 e. The van der Waals surface area contributed by atoms with Gasteiger partial charge in [-0.25, -0.2) is 4.39 Å². The monoisotopic (exact) mass is 474 g/mol. The van der Waals surface area contributed by atoms with Gasteiger partial charge < -0.3 is 14.4 Å². The second kappa shape index (κ2) is 9.19. The third kappa shape index (κ3) is 4.05. The molecule has 0 aliphatic heterocycles. The Morgan fingerprint density at radius 3 is 2.14 bits per heavy atom. The van der Waals surface area contributed by atoms with Crippen molar-refractivity contribution in [1.29, 1.82) is 0 Å². The lowest BCUT2D eigenvalue weighted by Crippen LogP contribution is -2.10. The Hall–Kier alpha value is -4.64. The molecular weight excluding hydrogens is 451 g/mol. The van der Waals surface area contributed by atoms with Gasteiger partial charge in [0.25, 0.3) is 0 Å². The predicted molar refractivity (Wildman–Crippen MR) is 140 cm³/mol. The third-order valence-electron chi connectivity index (χ3n) is 6.38. The number of halogens is 1. The zero-order valence-electron chi connectivity index (χ0n) is 19.4. The normalized spacial score (nSPS) is 11.4. The van der Waals surface area contributed by atoms with Crippen molar-refractivity contribution in [3.63, 3.8) is 0 Å². The highest BCUT2D eigenvalue weighted by Crippen LogP contribution is 2.43. The van der Waals surface area contributed by atoms with Gasteiger partial charge in [-0.1, -0.05) is 78.9 Å². The number of aromatic nitrogens is 2. The van der Waals surface area contributed by atoms with Crippen LogP contribution in [0.4, 0.5) is 4.39 Å². The highest BCUT2D eigenvalue weighted by Gasteiger charge is 2.23. The standard InChI is InChI=1S/C31H23FN2O2/c32-26-15-13-21(14-16-26)19-34-20-25-18-24-12-7-17-33-28(24)30(27(25)31(34)35)36-29(22-8-3-1-4-9-22)23-10-5-2-6-11-23/h1-18,20,29,35H,19H2. The maximum atomic E-state index is 13.4. The lowest BCUT2D eigenvalue weighted by atomic mass is 10.0. The molecule has 0 fully saturated rings. The average Bonchev–Trinajstić information content (AvgIpc) is 3.23. The van der Waals surface area contributed by atoms with Crippen LogP contribution in [-0.4, -0.2) is 14.7 Å². The molecule has 0 bridgehead atoms. The minimum absolute atomic E-state index is 0.0803. The summed E-state index contributed by atoms with van der Waals surface area (Å²) >= 11 is 0. The van der Waals surface area contributed by atoms with E-state index in [0.717, 1.165) is 27.5 Å². The fraction of sp³-hybridized carbons (Fsp3) is 0.0645. The van der Waals surface area contributed by atoms with E-state index < -0.39 is 6.10 Å². The van der Waals surface area contributed by atoms with Crippen molar-refractivity contribution < 1.29 is 14.2 Å². The van der Waals surface area contributed by atoms with Crippen LogP contribution in [0.15, 0.2) is 116 Å². The van der Waals surface area contributed by atoms with E-state index in [1.807, 2.05) is 85.1 Å². The third-order valence-corrected chi connectivity index (χ3v) is 6.38. The smallest absolute Gasteiger partial charge is 0.203 e. The van der Waals surface area contributed by atoms with Crippen LogP contribution in [-0.2, 0) is 6.54 Å². The van der Waals surface area contributed by atoms with Gasteiger partial charge in [-0.05, 0) is 41.0 Å². The first-order chi connectivity index (χ1) is 17.7. The van der Waals surface area contributed by atoms with Crippen molar-refractivity contribution in [2.75, 3.05) is 0 Å². The molecule has 6 aromatic rings. The largest absolute Gasteiger partial charge is 0.494 e. The molecule has 0 aliphatic carbocycles. The number of rotatable bonds is 6. The molecule has 6 rings (SSSR count). The summed E-state index contributed by atoms with van der Waals surface area (Å²) in [5.74, 6) is 0.314. The van der Waals surface area contributed by atoms with Gasteiger partial charge in [0.15, 0.2) is 5.75 Å². The zero-order chi connectivity index (χ0) is 24.5. The Morgan fingerprint density at radius 2 is 1.47 bits per heavy atom. The number of benzene rings is 4. The van der Waals surface area contributed by atoms with Gasteiger partial charge in [0.2, 0.25) is 5.88 Å². The molecule has 2 aromatic heterocycles. The molecule has 0 spiro atoms. The van der Waals surface area contributed by atoms with Crippen molar-refractivity contribution in [2.45, 2.75) is 12.6 Å². The Balaban J connectivity index is 1.53. The number of nitrogens with zero attached hydrogens (tertiary/aromatic N) is 2. The van der Waals surface area contributed by atoms with Crippen molar-refractivity contribution >= 4 is 21.7 Å². The van der Waals surface area contributed by atoms with Crippen LogP contribution in [0.25, 0.3) is 21.7 Å². The lowest BCUT2D eigenvalue weighted by molar-refractivity contribution is 0.252. The van der Waals surface area contributed by atoms with Crippen LogP contribution in [0.2, 0.25) is 0 Å². The van der Waals surface area contributed by atoms with Crippen LogP contribution in [0, 0.1) is 5.82 Å². The van der Waals surface area contributed by atoms with Crippen molar-refractivity contribution in [3.05, 3.63) is 138 Å². The number of pyridine rings is 1. The van der Waals surface area contributed by atoms with Crippen LogP contribution in [0.5, 0.6) is 11.6 Å². The molecule has 36 heavy (non-hydrogen) atoms. The molecule has 4 nitrogen and oxygen atoms in total. The zero-order valence-corrected chi connectivity index (χ0v) is 19.4. The van der Waals surface area contributed by atoms with Gasteiger partial charge in [-0.3, -0.25) is 4.98 Å². The second-order valence-electron chi connectivity index (χ2n) is 8.77. The molecule has 0 saturated carbocycles. The van der Waals surface area contributed by atoms with E-state index in [1.165, 1.54) is 12.1 Å². The molecule has 2 heterocycles. The Labute approximate surface area is 207 Å². The fourth-order valence-corrected chi connectivity index (χ4v) is 4.64. The molecule has 0 amide bonds. The van der Waals surface area contributed by atoms with E-state index in [4.69, 9.17) is 4.74 Å². The number of fused-ring (bicyclic) bond motifs is 2. The van der Waals surface area contributed by atoms with Crippen LogP contribution in [0.1, 0.15) is 22.8 Å². The van der Waals surface area contributed by atoms with Gasteiger partial charge >= 0.3 is 0 Å². The minimum Gasteiger partial charge on any atom is -0.494 e. The summed E-state index contributed by atoms with van der Waals surface area (Å²) in [5.41, 5.74) is 3.55. The SMILES string of the molecule is Oc1c2c(OC(c3ccccc3)c3ccccc3)c3ncccc3cc2cn1Cc1ccc(F)cc1. The van der Waals surface area contributed by atoms with Gasteiger partial charge in [-0.2, -0.15) is 0 Å². The molecule has 4 aromatic carbocycles. The molecule has 0 aliphatic rings. The van der Waals surface area contributed by atoms with E-state index in [2.05, 4.69) is 4.98 Å². The van der Waals surface area contributed by atoms with Crippen molar-refractivity contribution in [3.8, 4) is 11.6 Å². The first-order valence-corrected chi connectivity index (χ1v) is 11.8. The number of hydrogen-bond donors (Lipinski definition) is 1. The van der Waals surface area contributed by atoms with Gasteiger partial charge in [-0.15, -0.1) is 0 Å². The molecule has 0 saturated heterocycles. The van der Waals surface area contributed by atoms with Crippen LogP contribution >= 0.6 is 0 Å². The topological polar surface area (TPSA) is 47.3 Å². The average molecular weight is 475 g/mol.